The summed E-state index contributed by atoms with van der Waals surface area (Å²) in [7, 11) is -2.28. The van der Waals surface area contributed by atoms with Gasteiger partial charge in [0.2, 0.25) is 11.8 Å². The molecule has 0 bridgehead atoms. The molecular formula is C19H23N3O4S. The lowest BCUT2D eigenvalue weighted by Gasteiger charge is -2.25. The minimum absolute atomic E-state index is 0.0778. The average molecular weight is 389 g/mol. The number of nitrogens with zero attached hydrogens (tertiary/aromatic N) is 3. The first-order valence-corrected chi connectivity index (χ1v) is 10.3. The molecule has 0 N–H and O–H groups in total. The number of rotatable bonds is 6. The number of carbonyl (C=O) groups excluding carboxylic acids is 2. The third-order valence-corrected chi connectivity index (χ3v) is 6.68. The number of benzene rings is 2. The standard InChI is InChI=1S/C19H23N3O4S/c1-4-21(5-2)18(24)12-20(3)17(23)13-22-15-10-6-8-14-9-7-11-16(19(14)15)27(22,25)26/h6-11H,4-5,12-13H2,1-3H3. The van der Waals surface area contributed by atoms with Gasteiger partial charge in [-0.05, 0) is 31.4 Å². The van der Waals surface area contributed by atoms with E-state index in [1.807, 2.05) is 26.0 Å². The van der Waals surface area contributed by atoms with E-state index in [2.05, 4.69) is 0 Å². The minimum Gasteiger partial charge on any atom is -0.342 e. The minimum atomic E-state index is -3.79. The van der Waals surface area contributed by atoms with Crippen LogP contribution < -0.4 is 4.31 Å². The molecule has 0 atom stereocenters. The van der Waals surface area contributed by atoms with Crippen LogP contribution >= 0.6 is 0 Å². The van der Waals surface area contributed by atoms with Gasteiger partial charge in [0.1, 0.15) is 6.54 Å². The van der Waals surface area contributed by atoms with E-state index in [0.717, 1.165) is 9.69 Å². The number of anilines is 1. The van der Waals surface area contributed by atoms with E-state index in [1.165, 1.54) is 11.9 Å². The van der Waals surface area contributed by atoms with Crippen molar-refractivity contribution in [2.75, 3.05) is 37.5 Å². The number of hydrogen-bond acceptors (Lipinski definition) is 4. The number of sulfonamides is 1. The number of amides is 2. The van der Waals surface area contributed by atoms with E-state index < -0.39 is 15.9 Å². The maximum absolute atomic E-state index is 12.9. The quantitative estimate of drug-likeness (QED) is 0.753. The van der Waals surface area contributed by atoms with Crippen LogP contribution in [0.3, 0.4) is 0 Å². The van der Waals surface area contributed by atoms with Gasteiger partial charge >= 0.3 is 0 Å². The first kappa shape index (κ1) is 19.2. The van der Waals surface area contributed by atoms with Crippen LogP contribution in [0.15, 0.2) is 41.3 Å². The lowest BCUT2D eigenvalue weighted by molar-refractivity contribution is -0.138. The molecule has 0 unspecified atom stereocenters. The van der Waals surface area contributed by atoms with Gasteiger partial charge in [0.15, 0.2) is 0 Å². The van der Waals surface area contributed by atoms with Crippen LogP contribution in [0.2, 0.25) is 0 Å². The van der Waals surface area contributed by atoms with Crippen molar-refractivity contribution in [3.63, 3.8) is 0 Å². The molecule has 2 amide bonds. The Morgan fingerprint density at radius 1 is 1.00 bits per heavy atom. The highest BCUT2D eigenvalue weighted by molar-refractivity contribution is 7.93. The number of carbonyl (C=O) groups is 2. The summed E-state index contributed by atoms with van der Waals surface area (Å²) >= 11 is 0. The van der Waals surface area contributed by atoms with Gasteiger partial charge in [-0.15, -0.1) is 0 Å². The van der Waals surface area contributed by atoms with Crippen molar-refractivity contribution in [1.82, 2.24) is 9.80 Å². The fraction of sp³-hybridized carbons (Fsp3) is 0.368. The van der Waals surface area contributed by atoms with Crippen LogP contribution in [-0.2, 0) is 19.6 Å². The van der Waals surface area contributed by atoms with Gasteiger partial charge in [-0.1, -0.05) is 24.3 Å². The average Bonchev–Trinajstić information content (AvgIpc) is 2.86. The van der Waals surface area contributed by atoms with Crippen molar-refractivity contribution in [2.24, 2.45) is 0 Å². The largest absolute Gasteiger partial charge is 0.342 e. The Bertz CT molecular complexity index is 994. The second-order valence-electron chi connectivity index (χ2n) is 6.46. The van der Waals surface area contributed by atoms with Crippen LogP contribution in [0.5, 0.6) is 0 Å². The topological polar surface area (TPSA) is 78.0 Å². The van der Waals surface area contributed by atoms with Gasteiger partial charge in [-0.3, -0.25) is 13.9 Å². The highest BCUT2D eigenvalue weighted by Gasteiger charge is 2.37. The molecule has 1 aliphatic heterocycles. The van der Waals surface area contributed by atoms with E-state index in [9.17, 15) is 18.0 Å². The Kier molecular flexibility index (Phi) is 5.10. The van der Waals surface area contributed by atoms with Crippen molar-refractivity contribution in [3.05, 3.63) is 36.4 Å². The van der Waals surface area contributed by atoms with Crippen molar-refractivity contribution in [1.29, 1.82) is 0 Å². The van der Waals surface area contributed by atoms with Crippen LogP contribution in [0.4, 0.5) is 5.69 Å². The molecule has 7 nitrogen and oxygen atoms in total. The molecule has 3 rings (SSSR count). The molecule has 27 heavy (non-hydrogen) atoms. The molecule has 8 heteroatoms. The van der Waals surface area contributed by atoms with Crippen molar-refractivity contribution in [2.45, 2.75) is 18.7 Å². The van der Waals surface area contributed by atoms with Crippen molar-refractivity contribution >= 4 is 38.3 Å². The molecule has 0 aromatic heterocycles. The third kappa shape index (κ3) is 3.25. The Hall–Kier alpha value is -2.61. The summed E-state index contributed by atoms with van der Waals surface area (Å²) < 4.78 is 27.0. The molecule has 0 spiro atoms. The van der Waals surface area contributed by atoms with Gasteiger partial charge in [0, 0.05) is 25.5 Å². The highest BCUT2D eigenvalue weighted by Crippen LogP contribution is 2.41. The Morgan fingerprint density at radius 3 is 2.26 bits per heavy atom. The maximum Gasteiger partial charge on any atom is 0.265 e. The first-order chi connectivity index (χ1) is 12.8. The van der Waals surface area contributed by atoms with Gasteiger partial charge < -0.3 is 9.80 Å². The molecule has 1 heterocycles. The second-order valence-corrected chi connectivity index (χ2v) is 8.29. The van der Waals surface area contributed by atoms with E-state index in [-0.39, 0.29) is 23.9 Å². The Morgan fingerprint density at radius 2 is 1.63 bits per heavy atom. The fourth-order valence-electron chi connectivity index (χ4n) is 3.34. The summed E-state index contributed by atoms with van der Waals surface area (Å²) in [4.78, 5) is 28.0. The van der Waals surface area contributed by atoms with Gasteiger partial charge in [0.25, 0.3) is 10.0 Å². The smallest absolute Gasteiger partial charge is 0.265 e. The maximum atomic E-state index is 12.9. The van der Waals surface area contributed by atoms with Crippen LogP contribution in [-0.4, -0.2) is 63.3 Å². The summed E-state index contributed by atoms with van der Waals surface area (Å²) in [6, 6.07) is 10.4. The molecule has 144 valence electrons. The third-order valence-electron chi connectivity index (χ3n) is 4.87. The molecule has 0 radical (unpaired) electrons. The molecule has 0 saturated heterocycles. The predicted octanol–water partition coefficient (Wildman–Crippen LogP) is 1.68. The number of likely N-dealkylation sites (N-methyl/N-ethyl adjacent to an activating group) is 2. The Labute approximate surface area is 159 Å². The molecule has 1 aliphatic rings. The molecule has 2 aromatic rings. The number of hydrogen-bond donors (Lipinski definition) is 0. The van der Waals surface area contributed by atoms with E-state index in [4.69, 9.17) is 0 Å². The first-order valence-electron chi connectivity index (χ1n) is 8.87. The highest BCUT2D eigenvalue weighted by atomic mass is 32.2. The Balaban J connectivity index is 1.83. The normalized spacial score (nSPS) is 14.4. The summed E-state index contributed by atoms with van der Waals surface area (Å²) in [6.07, 6.45) is 0. The summed E-state index contributed by atoms with van der Waals surface area (Å²) in [6.45, 7) is 4.46. The van der Waals surface area contributed by atoms with E-state index in [0.29, 0.717) is 24.2 Å². The molecule has 2 aromatic carbocycles. The molecular weight excluding hydrogens is 366 g/mol. The fourth-order valence-corrected chi connectivity index (χ4v) is 5.00. The monoisotopic (exact) mass is 389 g/mol. The van der Waals surface area contributed by atoms with Crippen LogP contribution in [0.25, 0.3) is 10.8 Å². The summed E-state index contributed by atoms with van der Waals surface area (Å²) in [5.74, 6) is -0.589. The SMILES string of the molecule is CCN(CC)C(=O)CN(C)C(=O)CN1c2cccc3cccc(c23)S1(=O)=O. The van der Waals surface area contributed by atoms with E-state index in [1.54, 1.807) is 29.2 Å². The molecule has 0 saturated carbocycles. The molecule has 0 fully saturated rings. The second kappa shape index (κ2) is 7.19. The van der Waals surface area contributed by atoms with Gasteiger partial charge in [-0.2, -0.15) is 0 Å². The van der Waals surface area contributed by atoms with Crippen LogP contribution in [0.1, 0.15) is 13.8 Å². The lowest BCUT2D eigenvalue weighted by Crippen LogP contribution is -2.45. The van der Waals surface area contributed by atoms with Crippen molar-refractivity contribution < 1.29 is 18.0 Å². The zero-order valence-corrected chi connectivity index (χ0v) is 16.5. The van der Waals surface area contributed by atoms with Gasteiger partial charge in [0.05, 0.1) is 17.1 Å². The predicted molar refractivity (Wildman–Crippen MR) is 104 cm³/mol. The van der Waals surface area contributed by atoms with Crippen molar-refractivity contribution in [3.8, 4) is 0 Å². The lowest BCUT2D eigenvalue weighted by atomic mass is 10.1. The summed E-state index contributed by atoms with van der Waals surface area (Å²) in [5.41, 5.74) is 0.500. The zero-order valence-electron chi connectivity index (χ0n) is 15.7. The van der Waals surface area contributed by atoms with E-state index >= 15 is 0 Å². The van der Waals surface area contributed by atoms with Crippen LogP contribution in [0, 0.1) is 0 Å². The zero-order chi connectivity index (χ0) is 19.8. The summed E-state index contributed by atoms with van der Waals surface area (Å²) in [5, 5.41) is 1.45. The van der Waals surface area contributed by atoms with Gasteiger partial charge in [-0.25, -0.2) is 8.42 Å². The molecule has 0 aliphatic carbocycles.